The molecular weight excluding hydrogens is 394 g/mol. The van der Waals surface area contributed by atoms with Crippen LogP contribution in [0, 0.1) is 0 Å². The van der Waals surface area contributed by atoms with Gasteiger partial charge in [0, 0.05) is 23.3 Å². The van der Waals surface area contributed by atoms with E-state index in [-0.39, 0.29) is 33.4 Å². The summed E-state index contributed by atoms with van der Waals surface area (Å²) in [5.41, 5.74) is 0.205. The Labute approximate surface area is 167 Å². The van der Waals surface area contributed by atoms with Gasteiger partial charge in [-0.2, -0.15) is 0 Å². The first-order valence-corrected chi connectivity index (χ1v) is 9.90. The molecule has 0 aliphatic carbocycles. The molecule has 7 nitrogen and oxygen atoms in total. The summed E-state index contributed by atoms with van der Waals surface area (Å²) >= 11 is 0. The summed E-state index contributed by atoms with van der Waals surface area (Å²) < 4.78 is 27.1. The zero-order valence-corrected chi connectivity index (χ0v) is 15.8. The number of sulfonamides is 1. The molecule has 148 valence electrons. The Morgan fingerprint density at radius 1 is 0.862 bits per heavy atom. The molecule has 0 unspecified atom stereocenters. The number of hydrogen-bond acceptors (Lipinski definition) is 6. The van der Waals surface area contributed by atoms with E-state index < -0.39 is 15.8 Å². The molecule has 3 rings (SSSR count). The number of hydrogen-bond donors (Lipinski definition) is 4. The second-order valence-electron chi connectivity index (χ2n) is 6.10. The number of aromatic hydroxyl groups is 3. The summed E-state index contributed by atoms with van der Waals surface area (Å²) in [7, 11) is -4.14. The van der Waals surface area contributed by atoms with Crippen molar-refractivity contribution in [2.45, 2.75) is 4.90 Å². The molecule has 8 heteroatoms. The normalized spacial score (nSPS) is 11.4. The van der Waals surface area contributed by atoms with Crippen molar-refractivity contribution in [1.29, 1.82) is 0 Å². The van der Waals surface area contributed by atoms with Crippen molar-refractivity contribution in [1.82, 2.24) is 0 Å². The molecule has 0 bridgehead atoms. The molecule has 0 radical (unpaired) electrons. The molecule has 0 amide bonds. The first-order chi connectivity index (χ1) is 13.8. The maximum Gasteiger partial charge on any atom is 0.262 e. The summed E-state index contributed by atoms with van der Waals surface area (Å²) in [5, 5.41) is 29.8. The van der Waals surface area contributed by atoms with E-state index in [4.69, 9.17) is 0 Å². The Morgan fingerprint density at radius 2 is 1.59 bits per heavy atom. The number of rotatable bonds is 6. The third kappa shape index (κ3) is 4.74. The standard InChI is InChI=1S/C21H17NO6S/c23-16-7-4-8-18(12-16)29(27,28)22-19-13-17(24)11-15(21(19)26)9-10-20(25)14-5-2-1-3-6-14/h1-13,22-24,26H/b10-9+. The lowest BCUT2D eigenvalue weighted by Crippen LogP contribution is -2.13. The fourth-order valence-electron chi connectivity index (χ4n) is 2.56. The maximum absolute atomic E-state index is 12.5. The number of benzene rings is 3. The number of anilines is 1. The van der Waals surface area contributed by atoms with Gasteiger partial charge in [-0.25, -0.2) is 8.42 Å². The first kappa shape index (κ1) is 20.0. The number of phenolic OH excluding ortho intramolecular Hbond substituents is 3. The minimum absolute atomic E-state index is 0.0443. The molecule has 4 N–H and O–H groups in total. The van der Waals surface area contributed by atoms with Gasteiger partial charge in [-0.05, 0) is 30.4 Å². The summed E-state index contributed by atoms with van der Waals surface area (Å²) in [6.07, 6.45) is 2.48. The maximum atomic E-state index is 12.5. The topological polar surface area (TPSA) is 124 Å². The number of carbonyl (C=O) groups excluding carboxylic acids is 1. The molecule has 0 saturated carbocycles. The van der Waals surface area contributed by atoms with Crippen LogP contribution < -0.4 is 4.72 Å². The summed E-state index contributed by atoms with van der Waals surface area (Å²) in [4.78, 5) is 12.0. The highest BCUT2D eigenvalue weighted by Gasteiger charge is 2.18. The first-order valence-electron chi connectivity index (χ1n) is 8.41. The lowest BCUT2D eigenvalue weighted by molar-refractivity contribution is 0.104. The molecule has 0 aliphatic heterocycles. The molecule has 29 heavy (non-hydrogen) atoms. The van der Waals surface area contributed by atoms with Gasteiger partial charge >= 0.3 is 0 Å². The molecule has 0 aliphatic rings. The van der Waals surface area contributed by atoms with Gasteiger partial charge in [-0.15, -0.1) is 0 Å². The van der Waals surface area contributed by atoms with Crippen molar-refractivity contribution in [3.8, 4) is 17.2 Å². The Balaban J connectivity index is 1.91. The van der Waals surface area contributed by atoms with Crippen molar-refractivity contribution >= 4 is 27.6 Å². The van der Waals surface area contributed by atoms with Crippen LogP contribution in [-0.4, -0.2) is 29.5 Å². The van der Waals surface area contributed by atoms with Crippen molar-refractivity contribution < 1.29 is 28.5 Å². The van der Waals surface area contributed by atoms with Crippen LogP contribution in [0.25, 0.3) is 6.08 Å². The van der Waals surface area contributed by atoms with Crippen molar-refractivity contribution in [3.05, 3.63) is 83.9 Å². The highest BCUT2D eigenvalue weighted by atomic mass is 32.2. The Hall–Kier alpha value is -3.78. The van der Waals surface area contributed by atoms with Gasteiger partial charge in [0.2, 0.25) is 0 Å². The van der Waals surface area contributed by atoms with E-state index in [0.29, 0.717) is 5.56 Å². The number of ketones is 1. The van der Waals surface area contributed by atoms with Gasteiger partial charge in [-0.3, -0.25) is 9.52 Å². The number of phenols is 3. The van der Waals surface area contributed by atoms with Crippen molar-refractivity contribution in [3.63, 3.8) is 0 Å². The fourth-order valence-corrected chi connectivity index (χ4v) is 3.66. The van der Waals surface area contributed by atoms with Crippen LogP contribution in [0.15, 0.2) is 77.7 Å². The van der Waals surface area contributed by atoms with E-state index in [1.54, 1.807) is 30.3 Å². The molecular formula is C21H17NO6S. The predicted octanol–water partition coefficient (Wildman–Crippen LogP) is 3.50. The molecule has 0 heterocycles. The van der Waals surface area contributed by atoms with Crippen LogP contribution in [0.1, 0.15) is 15.9 Å². The van der Waals surface area contributed by atoms with Crippen LogP contribution in [0.3, 0.4) is 0 Å². The molecule has 0 saturated heterocycles. The third-order valence-corrected chi connectivity index (χ3v) is 5.33. The Bertz CT molecular complexity index is 1190. The fraction of sp³-hybridized carbons (Fsp3) is 0. The van der Waals surface area contributed by atoms with E-state index in [9.17, 15) is 28.5 Å². The van der Waals surface area contributed by atoms with Gasteiger partial charge in [0.25, 0.3) is 10.0 Å². The molecule has 0 fully saturated rings. The van der Waals surface area contributed by atoms with E-state index in [2.05, 4.69) is 4.72 Å². The number of allylic oxidation sites excluding steroid dienone is 1. The average molecular weight is 411 g/mol. The van der Waals surface area contributed by atoms with Gasteiger partial charge < -0.3 is 15.3 Å². The smallest absolute Gasteiger partial charge is 0.262 e. The summed E-state index contributed by atoms with van der Waals surface area (Å²) in [6, 6.07) is 15.7. The highest BCUT2D eigenvalue weighted by molar-refractivity contribution is 7.92. The largest absolute Gasteiger partial charge is 0.508 e. The molecule has 0 spiro atoms. The Morgan fingerprint density at radius 3 is 2.28 bits per heavy atom. The quantitative estimate of drug-likeness (QED) is 0.213. The summed E-state index contributed by atoms with van der Waals surface area (Å²) in [6.45, 7) is 0. The average Bonchev–Trinajstić information content (AvgIpc) is 2.69. The number of carbonyl (C=O) groups is 1. The van der Waals surface area contributed by atoms with Crippen LogP contribution in [0.5, 0.6) is 17.2 Å². The number of nitrogens with one attached hydrogen (secondary N) is 1. The van der Waals surface area contributed by atoms with Gasteiger partial charge in [0.1, 0.15) is 17.2 Å². The second-order valence-corrected chi connectivity index (χ2v) is 7.78. The van der Waals surface area contributed by atoms with E-state index >= 15 is 0 Å². The van der Waals surface area contributed by atoms with Crippen LogP contribution >= 0.6 is 0 Å². The lowest BCUT2D eigenvalue weighted by Gasteiger charge is -2.12. The monoisotopic (exact) mass is 411 g/mol. The third-order valence-electron chi connectivity index (χ3n) is 3.97. The van der Waals surface area contributed by atoms with E-state index in [1.165, 1.54) is 36.4 Å². The lowest BCUT2D eigenvalue weighted by atomic mass is 10.1. The van der Waals surface area contributed by atoms with Crippen molar-refractivity contribution in [2.75, 3.05) is 4.72 Å². The van der Waals surface area contributed by atoms with Crippen LogP contribution in [-0.2, 0) is 10.0 Å². The highest BCUT2D eigenvalue weighted by Crippen LogP contribution is 2.35. The van der Waals surface area contributed by atoms with Crippen LogP contribution in [0.2, 0.25) is 0 Å². The zero-order chi connectivity index (χ0) is 21.0. The molecule has 0 atom stereocenters. The van der Waals surface area contributed by atoms with Gasteiger partial charge in [0.15, 0.2) is 5.78 Å². The van der Waals surface area contributed by atoms with E-state index in [1.807, 2.05) is 0 Å². The molecule has 3 aromatic rings. The summed E-state index contributed by atoms with van der Waals surface area (Å²) in [5.74, 6) is -1.35. The predicted molar refractivity (Wildman–Crippen MR) is 108 cm³/mol. The van der Waals surface area contributed by atoms with Gasteiger partial charge in [-0.1, -0.05) is 36.4 Å². The van der Waals surface area contributed by atoms with Gasteiger partial charge in [0.05, 0.1) is 10.6 Å². The molecule has 0 aromatic heterocycles. The minimum Gasteiger partial charge on any atom is -0.508 e. The Kier molecular flexibility index (Phi) is 5.56. The van der Waals surface area contributed by atoms with E-state index in [0.717, 1.165) is 12.1 Å². The zero-order valence-electron chi connectivity index (χ0n) is 15.0. The van der Waals surface area contributed by atoms with Crippen molar-refractivity contribution in [2.24, 2.45) is 0 Å². The minimum atomic E-state index is -4.14. The second kappa shape index (κ2) is 8.07. The SMILES string of the molecule is O=C(/C=C/c1cc(O)cc(NS(=O)(=O)c2cccc(O)c2)c1O)c1ccccc1. The van der Waals surface area contributed by atoms with Crippen LogP contribution in [0.4, 0.5) is 5.69 Å². The molecule has 3 aromatic carbocycles.